The zero-order valence-electron chi connectivity index (χ0n) is 66.7. The Morgan fingerprint density at radius 3 is 1.34 bits per heavy atom. The van der Waals surface area contributed by atoms with Gasteiger partial charge in [0.05, 0.1) is 10.7 Å². The van der Waals surface area contributed by atoms with Crippen LogP contribution in [0.5, 0.6) is 0 Å². The number of allylic oxidation sites excluding steroid dienone is 7. The molecule has 123 heavy (non-hydrogen) atoms. The number of thiophene rings is 3. The minimum atomic E-state index is -0.529. The molecule has 6 heterocycles. The molecule has 0 spiro atoms. The summed E-state index contributed by atoms with van der Waals surface area (Å²) < 4.78 is 6.59. The molecule has 0 amide bonds. The van der Waals surface area contributed by atoms with E-state index in [1.54, 1.807) is 34.0 Å². The topological polar surface area (TPSA) is 77.3 Å². The summed E-state index contributed by atoms with van der Waals surface area (Å²) in [4.78, 5) is 35.8. The van der Waals surface area contributed by atoms with Crippen LogP contribution in [0, 0.1) is 0 Å². The van der Waals surface area contributed by atoms with Crippen LogP contribution in [0.2, 0.25) is 0 Å². The molecule has 0 N–H and O–H groups in total. The minimum Gasteiger partial charge on any atom is -0.212 e. The molecule has 10 heteroatoms. The Kier molecular flexibility index (Phi) is 17.7. The summed E-state index contributed by atoms with van der Waals surface area (Å²) in [6.07, 6.45) is 11.6. The second kappa shape index (κ2) is 29.9. The minimum absolute atomic E-state index is 0.0718. The number of thioether (sulfide) groups is 1. The summed E-state index contributed by atoms with van der Waals surface area (Å²) in [6, 6.07) is 135. The fraction of sp³-hybridized carbons (Fsp3) is 0.0442. The SMILES string of the molecule is CC12Sc3cc(-c4ccc(C5C(c6cccc7ccccc67)=C(c6nc(-c7cccc8c7sc7ccccc78)nc(-c7cccc8c7sc7ccccc78)n6)C=CC5c5ccccc5)cc4)ccc3C1=CC=CC2c1nc(-c2ccc(-c3ccccc3)c(-c3ccccc3)c2-c2cccc(-c3ccccc3)c2)nc(-c2cccc3c2sc2ccccc23)n1. The molecule has 16 aromatic carbocycles. The Morgan fingerprint density at radius 1 is 0.293 bits per heavy atom. The van der Waals surface area contributed by atoms with Gasteiger partial charge in [0.2, 0.25) is 0 Å². The third-order valence-electron chi connectivity index (χ3n) is 25.2. The van der Waals surface area contributed by atoms with Gasteiger partial charge in [0.15, 0.2) is 29.1 Å². The lowest BCUT2D eigenvalue weighted by Gasteiger charge is -2.34. The van der Waals surface area contributed by atoms with Crippen LogP contribution in [0.4, 0.5) is 0 Å². The van der Waals surface area contributed by atoms with Crippen LogP contribution in [-0.4, -0.2) is 34.7 Å². The van der Waals surface area contributed by atoms with Crippen molar-refractivity contribution in [3.8, 4) is 101 Å². The average molecular weight is 1640 g/mol. The number of aromatic nitrogens is 6. The highest BCUT2D eigenvalue weighted by Crippen LogP contribution is 2.62. The van der Waals surface area contributed by atoms with Crippen molar-refractivity contribution in [2.75, 3.05) is 0 Å². The Labute approximate surface area is 727 Å². The van der Waals surface area contributed by atoms with Crippen LogP contribution in [0.25, 0.3) is 189 Å². The molecule has 4 unspecified atom stereocenters. The lowest BCUT2D eigenvalue weighted by Crippen LogP contribution is -2.30. The molecule has 1 aliphatic heterocycles. The van der Waals surface area contributed by atoms with Crippen LogP contribution >= 0.6 is 45.8 Å². The average Bonchev–Trinajstić information content (AvgIpc) is 1.48. The Morgan fingerprint density at radius 2 is 0.724 bits per heavy atom. The Hall–Kier alpha value is -14.2. The van der Waals surface area contributed by atoms with Crippen molar-refractivity contribution in [1.29, 1.82) is 0 Å². The van der Waals surface area contributed by atoms with Crippen molar-refractivity contribution in [2.45, 2.75) is 34.3 Å². The van der Waals surface area contributed by atoms with Crippen molar-refractivity contribution >= 4 is 134 Å². The van der Waals surface area contributed by atoms with E-state index in [0.29, 0.717) is 34.9 Å². The normalized spacial score (nSPS) is 16.2. The van der Waals surface area contributed by atoms with Crippen molar-refractivity contribution in [3.63, 3.8) is 0 Å². The second-order valence-electron chi connectivity index (χ2n) is 32.2. The second-order valence-corrected chi connectivity index (χ2v) is 36.8. The summed E-state index contributed by atoms with van der Waals surface area (Å²) in [5, 5.41) is 9.56. The number of hydrogen-bond donors (Lipinski definition) is 0. The van der Waals surface area contributed by atoms with Gasteiger partial charge < -0.3 is 0 Å². The largest absolute Gasteiger partial charge is 0.212 e. The van der Waals surface area contributed by atoms with Gasteiger partial charge in [0.25, 0.3) is 0 Å². The summed E-state index contributed by atoms with van der Waals surface area (Å²) in [6.45, 7) is 2.40. The van der Waals surface area contributed by atoms with Gasteiger partial charge in [-0.05, 0) is 156 Å². The van der Waals surface area contributed by atoms with Gasteiger partial charge in [-0.1, -0.05) is 346 Å². The Bertz CT molecular complexity index is 7860. The molecule has 5 aromatic heterocycles. The summed E-state index contributed by atoms with van der Waals surface area (Å²) in [5.74, 6) is 3.32. The first-order valence-electron chi connectivity index (χ1n) is 41.8. The predicted molar refractivity (Wildman–Crippen MR) is 520 cm³/mol. The summed E-state index contributed by atoms with van der Waals surface area (Å²) in [7, 11) is 0. The number of nitrogens with zero attached hydrogens (tertiary/aromatic N) is 6. The fourth-order valence-corrected chi connectivity index (χ4v) is 24.6. The summed E-state index contributed by atoms with van der Waals surface area (Å²) in [5.41, 5.74) is 23.1. The highest BCUT2D eigenvalue weighted by atomic mass is 32.2. The van der Waals surface area contributed by atoms with Crippen molar-refractivity contribution in [2.24, 2.45) is 0 Å². The molecule has 6 nitrogen and oxygen atoms in total. The fourth-order valence-electron chi connectivity index (χ4n) is 19.4. The molecule has 578 valence electrons. The maximum absolute atomic E-state index is 5.88. The molecule has 0 bridgehead atoms. The quantitative estimate of drug-likeness (QED) is 0.107. The molecule has 21 aromatic rings. The maximum Gasteiger partial charge on any atom is 0.165 e. The van der Waals surface area contributed by atoms with E-state index in [0.717, 1.165) is 119 Å². The first kappa shape index (κ1) is 72.8. The molecule has 0 saturated carbocycles. The lowest BCUT2D eigenvalue weighted by molar-refractivity contribution is 0.664. The summed E-state index contributed by atoms with van der Waals surface area (Å²) >= 11 is 7.31. The van der Waals surface area contributed by atoms with Gasteiger partial charge in [0.1, 0.15) is 5.82 Å². The van der Waals surface area contributed by atoms with E-state index in [-0.39, 0.29) is 17.8 Å². The monoisotopic (exact) mass is 1640 g/mol. The third kappa shape index (κ3) is 12.4. The molecular formula is C113H72N6S4. The van der Waals surface area contributed by atoms with Crippen molar-refractivity contribution in [1.82, 2.24) is 29.9 Å². The molecule has 4 atom stereocenters. The van der Waals surface area contributed by atoms with E-state index in [1.165, 1.54) is 73.6 Å². The maximum atomic E-state index is 5.88. The van der Waals surface area contributed by atoms with Crippen LogP contribution in [0.3, 0.4) is 0 Å². The van der Waals surface area contributed by atoms with Crippen LogP contribution in [0.1, 0.15) is 58.6 Å². The number of rotatable bonds is 14. The van der Waals surface area contributed by atoms with Gasteiger partial charge in [0, 0.05) is 111 Å². The highest BCUT2D eigenvalue weighted by Gasteiger charge is 2.48. The van der Waals surface area contributed by atoms with Gasteiger partial charge in [-0.2, -0.15) is 0 Å². The van der Waals surface area contributed by atoms with Gasteiger partial charge >= 0.3 is 0 Å². The number of fused-ring (bicyclic) bond motifs is 13. The van der Waals surface area contributed by atoms with Gasteiger partial charge in [-0.3, -0.25) is 0 Å². The van der Waals surface area contributed by atoms with E-state index in [9.17, 15) is 0 Å². The van der Waals surface area contributed by atoms with Gasteiger partial charge in [-0.25, -0.2) is 29.9 Å². The smallest absolute Gasteiger partial charge is 0.165 e. The lowest BCUT2D eigenvalue weighted by atomic mass is 9.69. The van der Waals surface area contributed by atoms with E-state index in [2.05, 4.69) is 407 Å². The molecule has 2 aliphatic carbocycles. The van der Waals surface area contributed by atoms with Crippen LogP contribution in [0.15, 0.2) is 405 Å². The first-order valence-corrected chi connectivity index (χ1v) is 45.1. The van der Waals surface area contributed by atoms with Gasteiger partial charge in [-0.15, -0.1) is 45.8 Å². The Balaban J connectivity index is 0.647. The van der Waals surface area contributed by atoms with Crippen LogP contribution in [-0.2, 0) is 0 Å². The molecule has 0 saturated heterocycles. The number of hydrogen-bond acceptors (Lipinski definition) is 10. The van der Waals surface area contributed by atoms with E-state index in [1.807, 2.05) is 11.8 Å². The van der Waals surface area contributed by atoms with E-state index < -0.39 is 4.75 Å². The zero-order chi connectivity index (χ0) is 81.2. The highest BCUT2D eigenvalue weighted by molar-refractivity contribution is 8.01. The number of benzene rings is 16. The molecule has 3 aliphatic rings. The van der Waals surface area contributed by atoms with E-state index >= 15 is 0 Å². The van der Waals surface area contributed by atoms with Crippen molar-refractivity contribution in [3.05, 3.63) is 434 Å². The molecule has 0 radical (unpaired) electrons. The first-order chi connectivity index (χ1) is 60.8. The zero-order valence-corrected chi connectivity index (χ0v) is 69.9. The third-order valence-corrected chi connectivity index (χ3v) is 30.3. The van der Waals surface area contributed by atoms with Crippen molar-refractivity contribution < 1.29 is 0 Å². The predicted octanol–water partition coefficient (Wildman–Crippen LogP) is 31.0. The van der Waals surface area contributed by atoms with E-state index in [4.69, 9.17) is 29.9 Å². The molecule has 0 fully saturated rings. The molecule has 24 rings (SSSR count). The standard InChI is InChI=1S/C113H72N6S4/c1-113-94(51-27-52-95(113)112-118-107(114-111(119-112)93-50-26-47-87-83-43-18-21-55-98(83)122-106(87)93)89-64-62-79(71-30-8-3-9-31-71)100(73-35-12-5-13-36-73)102(89)77-39-22-38-75(66-77)68-28-6-2-7-29-68)88-61-60-76(67-99(88)123-113)69-56-58-74(59-57-69)101-80(72-32-10-4-11-33-72)63-65-90(103(101)84-44-23-37-70-34-14-15-40-78(70)84)108-115-109(91-48-24-45-85-81-41-16-19-53-96(81)120-104(85)91)117-110(116-108)92-49-25-46-86-82-42-17-20-54-97(82)121-105(86)92/h2-67,80,95,101H,1H3. The molecular weight excluding hydrogens is 1570 g/mol. The van der Waals surface area contributed by atoms with Crippen LogP contribution < -0.4 is 0 Å².